The van der Waals surface area contributed by atoms with Crippen LogP contribution in [0, 0.1) is 5.82 Å². The van der Waals surface area contributed by atoms with Gasteiger partial charge in [-0.05, 0) is 29.8 Å². The quantitative estimate of drug-likeness (QED) is 0.781. The molecule has 0 atom stereocenters. The van der Waals surface area contributed by atoms with Crippen LogP contribution >= 0.6 is 0 Å². The predicted octanol–water partition coefficient (Wildman–Crippen LogP) is 1.79. The number of morpholine rings is 1. The Balaban J connectivity index is 1.75. The molecule has 7 nitrogen and oxygen atoms in total. The Kier molecular flexibility index (Phi) is 4.86. The van der Waals surface area contributed by atoms with Gasteiger partial charge in [-0.25, -0.2) is 12.8 Å². The number of carbonyl (C=O) groups is 1. The Morgan fingerprint density at radius 3 is 2.46 bits per heavy atom. The van der Waals surface area contributed by atoms with Crippen molar-refractivity contribution in [3.63, 3.8) is 0 Å². The van der Waals surface area contributed by atoms with Gasteiger partial charge < -0.3 is 9.64 Å². The van der Waals surface area contributed by atoms with Gasteiger partial charge in [0.05, 0.1) is 30.3 Å². The van der Waals surface area contributed by atoms with Crippen molar-refractivity contribution >= 4 is 26.5 Å². The summed E-state index contributed by atoms with van der Waals surface area (Å²) in [4.78, 5) is 14.4. The first-order valence-corrected chi connectivity index (χ1v) is 10.3. The molecule has 0 saturated carbocycles. The van der Waals surface area contributed by atoms with E-state index in [0.717, 1.165) is 5.56 Å². The van der Waals surface area contributed by atoms with Crippen LogP contribution < -0.4 is 5.01 Å². The van der Waals surface area contributed by atoms with E-state index in [1.54, 1.807) is 30.3 Å². The third kappa shape index (κ3) is 3.38. The number of hydrazone groups is 1. The first-order chi connectivity index (χ1) is 13.5. The Hall–Kier alpha value is -2.78. The number of halogens is 1. The number of hydrogen-bond donors (Lipinski definition) is 0. The lowest BCUT2D eigenvalue weighted by atomic mass is 10.2. The molecule has 0 N–H and O–H groups in total. The summed E-state index contributed by atoms with van der Waals surface area (Å²) in [5.41, 5.74) is 1.11. The largest absolute Gasteiger partial charge is 0.378 e. The maximum absolute atomic E-state index is 13.2. The van der Waals surface area contributed by atoms with E-state index in [9.17, 15) is 17.6 Å². The van der Waals surface area contributed by atoms with E-state index in [4.69, 9.17) is 4.74 Å². The SMILES string of the molecule is O=C(C1=NN(Cc2ccc(F)cc2)c2ccccc2S1(=O)=O)N1CCOCC1. The molecule has 0 radical (unpaired) electrons. The molecule has 0 unspecified atom stereocenters. The Labute approximate surface area is 161 Å². The number of carbonyl (C=O) groups excluding carboxylic acids is 1. The van der Waals surface area contributed by atoms with E-state index in [-0.39, 0.29) is 17.3 Å². The third-order valence-electron chi connectivity index (χ3n) is 4.63. The number of nitrogens with zero attached hydrogens (tertiary/aromatic N) is 3. The number of para-hydroxylation sites is 1. The summed E-state index contributed by atoms with van der Waals surface area (Å²) in [6, 6.07) is 12.3. The van der Waals surface area contributed by atoms with Crippen molar-refractivity contribution in [2.24, 2.45) is 5.10 Å². The molecule has 4 rings (SSSR count). The van der Waals surface area contributed by atoms with Crippen molar-refractivity contribution in [1.29, 1.82) is 0 Å². The van der Waals surface area contributed by atoms with Crippen LogP contribution in [0.3, 0.4) is 0 Å². The molecule has 0 spiro atoms. The zero-order chi connectivity index (χ0) is 19.7. The molecule has 9 heteroatoms. The summed E-state index contributed by atoms with van der Waals surface area (Å²) in [7, 11) is -4.05. The first kappa shape index (κ1) is 18.6. The molecule has 146 valence electrons. The molecule has 2 aliphatic heterocycles. The lowest BCUT2D eigenvalue weighted by Crippen LogP contribution is -2.47. The average Bonchev–Trinajstić information content (AvgIpc) is 2.72. The van der Waals surface area contributed by atoms with Crippen molar-refractivity contribution in [1.82, 2.24) is 4.90 Å². The van der Waals surface area contributed by atoms with Gasteiger partial charge in [0.1, 0.15) is 5.82 Å². The van der Waals surface area contributed by atoms with E-state index < -0.39 is 20.8 Å². The maximum Gasteiger partial charge on any atom is 0.286 e. The lowest BCUT2D eigenvalue weighted by molar-refractivity contribution is -0.127. The molecule has 2 aromatic carbocycles. The van der Waals surface area contributed by atoms with Crippen LogP contribution in [-0.2, 0) is 25.9 Å². The number of fused-ring (bicyclic) bond motifs is 1. The molecule has 1 saturated heterocycles. The number of ether oxygens (including phenoxy) is 1. The lowest BCUT2D eigenvalue weighted by Gasteiger charge is -2.31. The molecule has 0 bridgehead atoms. The van der Waals surface area contributed by atoms with Gasteiger partial charge in [0, 0.05) is 13.1 Å². The number of anilines is 1. The van der Waals surface area contributed by atoms with Crippen LogP contribution in [0.15, 0.2) is 58.5 Å². The molecular formula is C19H18FN3O4S. The number of benzene rings is 2. The monoisotopic (exact) mass is 403 g/mol. The highest BCUT2D eigenvalue weighted by Crippen LogP contribution is 2.33. The van der Waals surface area contributed by atoms with Crippen molar-refractivity contribution in [3.8, 4) is 0 Å². The fourth-order valence-electron chi connectivity index (χ4n) is 3.16. The second kappa shape index (κ2) is 7.33. The van der Waals surface area contributed by atoms with Crippen molar-refractivity contribution in [2.45, 2.75) is 11.4 Å². The highest BCUT2D eigenvalue weighted by Gasteiger charge is 2.39. The Morgan fingerprint density at radius 2 is 1.75 bits per heavy atom. The molecule has 28 heavy (non-hydrogen) atoms. The molecule has 1 amide bonds. The van der Waals surface area contributed by atoms with Crippen LogP contribution in [0.2, 0.25) is 0 Å². The predicted molar refractivity (Wildman–Crippen MR) is 101 cm³/mol. The summed E-state index contributed by atoms with van der Waals surface area (Å²) in [5.74, 6) is -1.00. The van der Waals surface area contributed by atoms with Gasteiger partial charge in [0.2, 0.25) is 14.9 Å². The normalized spacial score (nSPS) is 18.4. The fraction of sp³-hybridized carbons (Fsp3) is 0.263. The van der Waals surface area contributed by atoms with E-state index >= 15 is 0 Å². The second-order valence-corrected chi connectivity index (χ2v) is 8.30. The van der Waals surface area contributed by atoms with E-state index in [1.165, 1.54) is 28.1 Å². The Morgan fingerprint density at radius 1 is 1.07 bits per heavy atom. The fourth-order valence-corrected chi connectivity index (χ4v) is 4.64. The van der Waals surface area contributed by atoms with Gasteiger partial charge >= 0.3 is 0 Å². The van der Waals surface area contributed by atoms with E-state index in [2.05, 4.69) is 5.10 Å². The van der Waals surface area contributed by atoms with Gasteiger partial charge in [-0.2, -0.15) is 5.10 Å². The van der Waals surface area contributed by atoms with E-state index in [0.29, 0.717) is 32.0 Å². The number of amides is 1. The minimum Gasteiger partial charge on any atom is -0.378 e. The van der Waals surface area contributed by atoms with Gasteiger partial charge in [0.25, 0.3) is 5.91 Å². The number of rotatable bonds is 3. The van der Waals surface area contributed by atoms with Gasteiger partial charge in [0.15, 0.2) is 0 Å². The van der Waals surface area contributed by atoms with Crippen LogP contribution in [0.5, 0.6) is 0 Å². The standard InChI is InChI=1S/C19H18FN3O4S/c20-15-7-5-14(6-8-15)13-23-16-3-1-2-4-17(16)28(25,26)18(21-23)19(24)22-9-11-27-12-10-22/h1-8H,9-13H2. The minimum atomic E-state index is -4.05. The summed E-state index contributed by atoms with van der Waals surface area (Å²) < 4.78 is 44.5. The smallest absolute Gasteiger partial charge is 0.286 e. The third-order valence-corrected chi connectivity index (χ3v) is 6.32. The van der Waals surface area contributed by atoms with Crippen LogP contribution in [0.1, 0.15) is 5.56 Å². The van der Waals surface area contributed by atoms with Crippen LogP contribution in [-0.4, -0.2) is 50.6 Å². The highest BCUT2D eigenvalue weighted by molar-refractivity contribution is 8.08. The average molecular weight is 403 g/mol. The molecule has 0 aliphatic carbocycles. The first-order valence-electron chi connectivity index (χ1n) is 8.78. The zero-order valence-electron chi connectivity index (χ0n) is 14.9. The molecule has 2 heterocycles. The molecule has 2 aromatic rings. The number of hydrogen-bond acceptors (Lipinski definition) is 6. The zero-order valence-corrected chi connectivity index (χ0v) is 15.7. The van der Waals surface area contributed by atoms with Crippen LogP contribution in [0.4, 0.5) is 10.1 Å². The summed E-state index contributed by atoms with van der Waals surface area (Å²) in [6.07, 6.45) is 0. The molecule has 0 aromatic heterocycles. The minimum absolute atomic E-state index is 0.0312. The van der Waals surface area contributed by atoms with Gasteiger partial charge in [-0.3, -0.25) is 9.80 Å². The maximum atomic E-state index is 13.2. The van der Waals surface area contributed by atoms with Crippen molar-refractivity contribution < 1.29 is 22.3 Å². The number of sulfone groups is 1. The van der Waals surface area contributed by atoms with E-state index in [1.807, 2.05) is 0 Å². The topological polar surface area (TPSA) is 79.3 Å². The second-order valence-electron chi connectivity index (χ2n) is 6.47. The highest BCUT2D eigenvalue weighted by atomic mass is 32.2. The summed E-state index contributed by atoms with van der Waals surface area (Å²) >= 11 is 0. The summed E-state index contributed by atoms with van der Waals surface area (Å²) in [5, 5.41) is 5.17. The van der Waals surface area contributed by atoms with Gasteiger partial charge in [-0.15, -0.1) is 0 Å². The summed E-state index contributed by atoms with van der Waals surface area (Å²) in [6.45, 7) is 1.54. The van der Waals surface area contributed by atoms with Crippen LogP contribution in [0.25, 0.3) is 0 Å². The van der Waals surface area contributed by atoms with Gasteiger partial charge in [-0.1, -0.05) is 24.3 Å². The molecule has 2 aliphatic rings. The Bertz CT molecular complexity index is 1030. The molecule has 1 fully saturated rings. The van der Waals surface area contributed by atoms with Crippen molar-refractivity contribution in [2.75, 3.05) is 31.3 Å². The van der Waals surface area contributed by atoms with Crippen molar-refractivity contribution in [3.05, 3.63) is 59.9 Å². The molecular weight excluding hydrogens is 385 g/mol.